The van der Waals surface area contributed by atoms with E-state index in [0.717, 1.165) is 31.2 Å². The van der Waals surface area contributed by atoms with E-state index < -0.39 is 18.0 Å². The van der Waals surface area contributed by atoms with E-state index in [1.165, 1.54) is 11.1 Å². The van der Waals surface area contributed by atoms with Crippen LogP contribution in [0.2, 0.25) is 0 Å². The Bertz CT molecular complexity index is 1170. The van der Waals surface area contributed by atoms with Crippen LogP contribution in [0.1, 0.15) is 75.0 Å². The molecule has 0 radical (unpaired) electrons. The molecule has 0 N–H and O–H groups in total. The Balaban J connectivity index is 1.39. The van der Waals surface area contributed by atoms with E-state index in [9.17, 15) is 4.79 Å². The van der Waals surface area contributed by atoms with E-state index in [-0.39, 0.29) is 12.0 Å². The second-order valence-corrected chi connectivity index (χ2v) is 10.6. The first kappa shape index (κ1) is 24.4. The number of ether oxygens (including phenoxy) is 4. The second kappa shape index (κ2) is 10.4. The number of rotatable bonds is 5. The van der Waals surface area contributed by atoms with Gasteiger partial charge in [0, 0.05) is 29.9 Å². The van der Waals surface area contributed by atoms with Gasteiger partial charge in [-0.2, -0.15) is 0 Å². The Morgan fingerprint density at radius 2 is 1.58 bits per heavy atom. The molecular weight excluding hydrogens is 452 g/mol. The first-order chi connectivity index (χ1) is 17.4. The van der Waals surface area contributed by atoms with Crippen LogP contribution in [-0.4, -0.2) is 24.2 Å². The van der Waals surface area contributed by atoms with Crippen LogP contribution in [0.4, 0.5) is 4.79 Å². The summed E-state index contributed by atoms with van der Waals surface area (Å²) in [5, 5.41) is 0. The van der Waals surface area contributed by atoms with Crippen molar-refractivity contribution in [2.75, 3.05) is 0 Å². The SMILES string of the molecule is CC(C)(C)OC(=O)Oc1ccc2c(c1)O[C@H](O[C@H]1CCC[C@@H]1c1ccccc1)C[C@@H]2c1ccccc1. The quantitative estimate of drug-likeness (QED) is 0.275. The molecule has 0 aromatic heterocycles. The lowest BCUT2D eigenvalue weighted by atomic mass is 9.86. The highest BCUT2D eigenvalue weighted by molar-refractivity contribution is 5.65. The van der Waals surface area contributed by atoms with Gasteiger partial charge >= 0.3 is 6.16 Å². The van der Waals surface area contributed by atoms with Gasteiger partial charge in [-0.25, -0.2) is 4.79 Å². The predicted molar refractivity (Wildman–Crippen MR) is 139 cm³/mol. The van der Waals surface area contributed by atoms with Crippen LogP contribution in [0.25, 0.3) is 0 Å². The van der Waals surface area contributed by atoms with E-state index in [1.54, 1.807) is 12.1 Å². The van der Waals surface area contributed by atoms with E-state index in [1.807, 2.05) is 32.9 Å². The molecule has 4 atom stereocenters. The van der Waals surface area contributed by atoms with Crippen LogP contribution in [0, 0.1) is 0 Å². The molecule has 5 rings (SSSR count). The number of hydrogen-bond donors (Lipinski definition) is 0. The zero-order chi connectivity index (χ0) is 25.1. The number of benzene rings is 3. The second-order valence-electron chi connectivity index (χ2n) is 10.6. The van der Waals surface area contributed by atoms with Crippen molar-refractivity contribution >= 4 is 6.16 Å². The van der Waals surface area contributed by atoms with Crippen molar-refractivity contribution in [3.05, 3.63) is 95.6 Å². The Morgan fingerprint density at radius 1 is 0.889 bits per heavy atom. The Labute approximate surface area is 213 Å². The molecule has 1 saturated carbocycles. The van der Waals surface area contributed by atoms with Crippen molar-refractivity contribution in [3.8, 4) is 11.5 Å². The normalized spacial score (nSPS) is 23.4. The summed E-state index contributed by atoms with van der Waals surface area (Å²) in [4.78, 5) is 12.2. The van der Waals surface area contributed by atoms with Gasteiger partial charge in [-0.05, 0) is 50.8 Å². The molecule has 0 bridgehead atoms. The van der Waals surface area contributed by atoms with Crippen LogP contribution in [0.5, 0.6) is 11.5 Å². The lowest BCUT2D eigenvalue weighted by Gasteiger charge is -2.35. The molecule has 188 valence electrons. The fourth-order valence-corrected chi connectivity index (χ4v) is 5.29. The summed E-state index contributed by atoms with van der Waals surface area (Å²) in [5.74, 6) is 1.55. The summed E-state index contributed by atoms with van der Waals surface area (Å²) in [6.45, 7) is 5.42. The van der Waals surface area contributed by atoms with Crippen LogP contribution < -0.4 is 9.47 Å². The molecule has 3 aromatic rings. The highest BCUT2D eigenvalue weighted by Gasteiger charge is 2.36. The first-order valence-corrected chi connectivity index (χ1v) is 12.8. The van der Waals surface area contributed by atoms with E-state index in [2.05, 4.69) is 54.6 Å². The Hall–Kier alpha value is -3.31. The predicted octanol–water partition coefficient (Wildman–Crippen LogP) is 7.59. The van der Waals surface area contributed by atoms with Crippen molar-refractivity contribution in [2.24, 2.45) is 0 Å². The molecule has 1 fully saturated rings. The van der Waals surface area contributed by atoms with Gasteiger partial charge in [0.25, 0.3) is 0 Å². The third-order valence-electron chi connectivity index (χ3n) is 6.85. The fraction of sp³-hybridized carbons (Fsp3) is 0.387. The van der Waals surface area contributed by atoms with E-state index in [4.69, 9.17) is 18.9 Å². The molecule has 1 aliphatic carbocycles. The topological polar surface area (TPSA) is 54.0 Å². The maximum atomic E-state index is 12.2. The van der Waals surface area contributed by atoms with Gasteiger partial charge in [0.2, 0.25) is 6.29 Å². The number of fused-ring (bicyclic) bond motifs is 1. The standard InChI is InChI=1S/C31H34O5/c1-31(2,3)36-30(32)33-23-17-18-25-26(22-13-8-5-9-14-22)20-29(35-28(25)19-23)34-27-16-10-15-24(27)21-11-6-4-7-12-21/h4-9,11-14,17-19,24,26-27,29H,10,15-16,20H2,1-3H3/t24-,26-,27+,29+/m1/s1. The third-order valence-corrected chi connectivity index (χ3v) is 6.85. The van der Waals surface area contributed by atoms with Crippen LogP contribution in [0.15, 0.2) is 78.9 Å². The van der Waals surface area contributed by atoms with Crippen LogP contribution in [0.3, 0.4) is 0 Å². The maximum Gasteiger partial charge on any atom is 0.514 e. The molecule has 2 aliphatic rings. The molecular formula is C31H34O5. The average Bonchev–Trinajstić information content (AvgIpc) is 3.31. The van der Waals surface area contributed by atoms with Gasteiger partial charge in [-0.1, -0.05) is 73.2 Å². The van der Waals surface area contributed by atoms with Gasteiger partial charge in [-0.3, -0.25) is 0 Å². The molecule has 1 heterocycles. The molecule has 0 spiro atoms. The van der Waals surface area contributed by atoms with Crippen molar-refractivity contribution in [3.63, 3.8) is 0 Å². The summed E-state index contributed by atoms with van der Waals surface area (Å²) in [5.41, 5.74) is 2.96. The molecule has 5 heteroatoms. The number of hydrogen-bond acceptors (Lipinski definition) is 5. The third kappa shape index (κ3) is 5.73. The van der Waals surface area contributed by atoms with Crippen LogP contribution >= 0.6 is 0 Å². The summed E-state index contributed by atoms with van der Waals surface area (Å²) in [7, 11) is 0. The molecule has 3 aromatic carbocycles. The Kier molecular flexibility index (Phi) is 7.01. The summed E-state index contributed by atoms with van der Waals surface area (Å²) in [6, 6.07) is 26.6. The lowest BCUT2D eigenvalue weighted by Crippen LogP contribution is -2.33. The lowest BCUT2D eigenvalue weighted by molar-refractivity contribution is -0.132. The minimum atomic E-state index is -0.734. The minimum Gasteiger partial charge on any atom is -0.464 e. The van der Waals surface area contributed by atoms with Crippen molar-refractivity contribution in [1.29, 1.82) is 0 Å². The minimum absolute atomic E-state index is 0.108. The van der Waals surface area contributed by atoms with Gasteiger partial charge < -0.3 is 18.9 Å². The van der Waals surface area contributed by atoms with Crippen molar-refractivity contribution in [2.45, 2.75) is 76.3 Å². The highest BCUT2D eigenvalue weighted by atomic mass is 16.7. The van der Waals surface area contributed by atoms with Gasteiger partial charge in [-0.15, -0.1) is 0 Å². The number of carbonyl (C=O) groups excluding carboxylic acids is 1. The van der Waals surface area contributed by atoms with Crippen LogP contribution in [-0.2, 0) is 9.47 Å². The molecule has 1 aliphatic heterocycles. The zero-order valence-electron chi connectivity index (χ0n) is 21.2. The largest absolute Gasteiger partial charge is 0.514 e. The van der Waals surface area contributed by atoms with E-state index >= 15 is 0 Å². The molecule has 0 saturated heterocycles. The van der Waals surface area contributed by atoms with Gasteiger partial charge in [0.1, 0.15) is 17.1 Å². The highest BCUT2D eigenvalue weighted by Crippen LogP contribution is 2.44. The van der Waals surface area contributed by atoms with Gasteiger partial charge in [0.05, 0.1) is 6.10 Å². The summed E-state index contributed by atoms with van der Waals surface area (Å²) >= 11 is 0. The summed E-state index contributed by atoms with van der Waals surface area (Å²) in [6.07, 6.45) is 2.98. The monoisotopic (exact) mass is 486 g/mol. The fourth-order valence-electron chi connectivity index (χ4n) is 5.29. The molecule has 5 nitrogen and oxygen atoms in total. The number of carbonyl (C=O) groups is 1. The molecule has 36 heavy (non-hydrogen) atoms. The zero-order valence-corrected chi connectivity index (χ0v) is 21.2. The molecule has 0 amide bonds. The average molecular weight is 487 g/mol. The smallest absolute Gasteiger partial charge is 0.464 e. The van der Waals surface area contributed by atoms with Crippen molar-refractivity contribution in [1.82, 2.24) is 0 Å². The van der Waals surface area contributed by atoms with E-state index in [0.29, 0.717) is 17.4 Å². The summed E-state index contributed by atoms with van der Waals surface area (Å²) < 4.78 is 23.8. The Morgan fingerprint density at radius 3 is 2.28 bits per heavy atom. The molecule has 0 unspecified atom stereocenters. The first-order valence-electron chi connectivity index (χ1n) is 12.8. The van der Waals surface area contributed by atoms with Crippen molar-refractivity contribution < 1.29 is 23.7 Å². The van der Waals surface area contributed by atoms with Gasteiger partial charge in [0.15, 0.2) is 0 Å². The maximum absolute atomic E-state index is 12.2.